The van der Waals surface area contributed by atoms with Gasteiger partial charge in [0, 0.05) is 11.8 Å². The summed E-state index contributed by atoms with van der Waals surface area (Å²) < 4.78 is 5.80. The SMILES string of the molecule is C=Cc1ccnc(OC2CC2)c1C(C)C. The van der Waals surface area contributed by atoms with Gasteiger partial charge in [0.05, 0.1) is 0 Å². The van der Waals surface area contributed by atoms with Gasteiger partial charge in [-0.3, -0.25) is 0 Å². The summed E-state index contributed by atoms with van der Waals surface area (Å²) in [4.78, 5) is 4.32. The van der Waals surface area contributed by atoms with Crippen LogP contribution in [0.3, 0.4) is 0 Å². The maximum Gasteiger partial charge on any atom is 0.217 e. The molecular weight excluding hydrogens is 186 g/mol. The van der Waals surface area contributed by atoms with Crippen LogP contribution in [0, 0.1) is 0 Å². The molecule has 0 unspecified atom stereocenters. The average Bonchev–Trinajstić information content (AvgIpc) is 3.01. The first-order valence-electron chi connectivity index (χ1n) is 5.50. The van der Waals surface area contributed by atoms with E-state index in [1.165, 1.54) is 5.56 Å². The summed E-state index contributed by atoms with van der Waals surface area (Å²) in [6.07, 6.45) is 6.39. The first-order valence-corrected chi connectivity index (χ1v) is 5.50. The van der Waals surface area contributed by atoms with Gasteiger partial charge in [-0.15, -0.1) is 0 Å². The van der Waals surface area contributed by atoms with Gasteiger partial charge in [-0.05, 0) is 30.4 Å². The van der Waals surface area contributed by atoms with Crippen molar-refractivity contribution < 1.29 is 4.74 Å². The van der Waals surface area contributed by atoms with Gasteiger partial charge in [-0.1, -0.05) is 26.5 Å². The Labute approximate surface area is 91.0 Å². The highest BCUT2D eigenvalue weighted by molar-refractivity contribution is 5.55. The van der Waals surface area contributed by atoms with E-state index >= 15 is 0 Å². The predicted octanol–water partition coefficient (Wildman–Crippen LogP) is 3.39. The molecule has 0 radical (unpaired) electrons. The van der Waals surface area contributed by atoms with Gasteiger partial charge in [0.25, 0.3) is 0 Å². The minimum absolute atomic E-state index is 0.398. The molecule has 0 aliphatic heterocycles. The van der Waals surface area contributed by atoms with E-state index in [0.29, 0.717) is 12.0 Å². The largest absolute Gasteiger partial charge is 0.474 e. The molecule has 0 atom stereocenters. The van der Waals surface area contributed by atoms with Crippen LogP contribution in [-0.4, -0.2) is 11.1 Å². The molecule has 1 saturated carbocycles. The van der Waals surface area contributed by atoms with E-state index in [4.69, 9.17) is 4.74 Å². The van der Waals surface area contributed by atoms with Gasteiger partial charge in [-0.25, -0.2) is 4.98 Å². The quantitative estimate of drug-likeness (QED) is 0.748. The first-order chi connectivity index (χ1) is 7.22. The monoisotopic (exact) mass is 203 g/mol. The summed E-state index contributed by atoms with van der Waals surface area (Å²) in [5.41, 5.74) is 2.31. The van der Waals surface area contributed by atoms with E-state index in [9.17, 15) is 0 Å². The molecule has 0 amide bonds. The average molecular weight is 203 g/mol. The van der Waals surface area contributed by atoms with Crippen LogP contribution in [0.25, 0.3) is 6.08 Å². The Morgan fingerprint density at radius 1 is 1.53 bits per heavy atom. The summed E-state index contributed by atoms with van der Waals surface area (Å²) in [5.74, 6) is 1.21. The topological polar surface area (TPSA) is 22.1 Å². The molecule has 0 spiro atoms. The van der Waals surface area contributed by atoms with Crippen molar-refractivity contribution in [2.45, 2.75) is 38.7 Å². The maximum atomic E-state index is 5.80. The Bertz CT molecular complexity index is 367. The summed E-state index contributed by atoms with van der Waals surface area (Å²) >= 11 is 0. The van der Waals surface area contributed by atoms with Crippen LogP contribution in [0.1, 0.15) is 43.7 Å². The third-order valence-electron chi connectivity index (χ3n) is 2.59. The molecule has 1 fully saturated rings. The lowest BCUT2D eigenvalue weighted by Gasteiger charge is -2.14. The minimum Gasteiger partial charge on any atom is -0.474 e. The lowest BCUT2D eigenvalue weighted by atomic mass is 9.99. The highest BCUT2D eigenvalue weighted by Crippen LogP contribution is 2.33. The zero-order valence-corrected chi connectivity index (χ0v) is 9.36. The second-order valence-corrected chi connectivity index (χ2v) is 4.30. The van der Waals surface area contributed by atoms with Crippen LogP contribution in [0.2, 0.25) is 0 Å². The Kier molecular flexibility index (Phi) is 2.76. The first kappa shape index (κ1) is 10.2. The molecule has 1 heterocycles. The molecule has 2 nitrogen and oxygen atoms in total. The van der Waals surface area contributed by atoms with Crippen molar-refractivity contribution in [2.75, 3.05) is 0 Å². The van der Waals surface area contributed by atoms with Crippen molar-refractivity contribution in [2.24, 2.45) is 0 Å². The maximum absolute atomic E-state index is 5.80. The summed E-state index contributed by atoms with van der Waals surface area (Å²) in [6, 6.07) is 1.99. The number of nitrogens with zero attached hydrogens (tertiary/aromatic N) is 1. The molecule has 2 rings (SSSR count). The van der Waals surface area contributed by atoms with Crippen LogP contribution in [0.5, 0.6) is 5.88 Å². The molecule has 80 valence electrons. The van der Waals surface area contributed by atoms with Gasteiger partial charge in [0.2, 0.25) is 5.88 Å². The molecule has 15 heavy (non-hydrogen) atoms. The lowest BCUT2D eigenvalue weighted by Crippen LogP contribution is -2.04. The van der Waals surface area contributed by atoms with Gasteiger partial charge >= 0.3 is 0 Å². The third-order valence-corrected chi connectivity index (χ3v) is 2.59. The zero-order chi connectivity index (χ0) is 10.8. The number of hydrogen-bond donors (Lipinski definition) is 0. The van der Waals surface area contributed by atoms with Crippen LogP contribution >= 0.6 is 0 Å². The summed E-state index contributed by atoms with van der Waals surface area (Å²) in [6.45, 7) is 8.14. The van der Waals surface area contributed by atoms with Gasteiger partial charge in [-0.2, -0.15) is 0 Å². The second-order valence-electron chi connectivity index (χ2n) is 4.30. The van der Waals surface area contributed by atoms with Crippen LogP contribution in [0.4, 0.5) is 0 Å². The molecule has 1 aromatic rings. The van der Waals surface area contributed by atoms with E-state index in [1.807, 2.05) is 12.1 Å². The van der Waals surface area contributed by atoms with E-state index in [1.54, 1.807) is 6.20 Å². The molecule has 0 bridgehead atoms. The highest BCUT2D eigenvalue weighted by atomic mass is 16.5. The number of ether oxygens (including phenoxy) is 1. The van der Waals surface area contributed by atoms with Gasteiger partial charge in [0.1, 0.15) is 6.10 Å². The van der Waals surface area contributed by atoms with Crippen LogP contribution in [0.15, 0.2) is 18.8 Å². The Balaban J connectivity index is 2.36. The fraction of sp³-hybridized carbons (Fsp3) is 0.462. The van der Waals surface area contributed by atoms with Crippen LogP contribution in [-0.2, 0) is 0 Å². The van der Waals surface area contributed by atoms with Crippen molar-refractivity contribution in [3.8, 4) is 5.88 Å². The third kappa shape index (κ3) is 2.20. The van der Waals surface area contributed by atoms with Crippen molar-refractivity contribution in [3.63, 3.8) is 0 Å². The second kappa shape index (κ2) is 4.05. The molecule has 0 N–H and O–H groups in total. The normalized spacial score (nSPS) is 15.4. The molecule has 1 aliphatic carbocycles. The van der Waals surface area contributed by atoms with Crippen molar-refractivity contribution in [3.05, 3.63) is 30.0 Å². The Morgan fingerprint density at radius 2 is 2.27 bits per heavy atom. The molecule has 1 aliphatic rings. The number of pyridine rings is 1. The highest BCUT2D eigenvalue weighted by Gasteiger charge is 2.26. The van der Waals surface area contributed by atoms with Crippen molar-refractivity contribution in [1.29, 1.82) is 0 Å². The molecule has 2 heteroatoms. The summed E-state index contributed by atoms with van der Waals surface area (Å²) in [7, 11) is 0. The number of aromatic nitrogens is 1. The van der Waals surface area contributed by atoms with Crippen molar-refractivity contribution in [1.82, 2.24) is 4.98 Å². The fourth-order valence-corrected chi connectivity index (χ4v) is 1.66. The van der Waals surface area contributed by atoms with E-state index < -0.39 is 0 Å². The lowest BCUT2D eigenvalue weighted by molar-refractivity contribution is 0.286. The fourth-order valence-electron chi connectivity index (χ4n) is 1.66. The molecular formula is C13H17NO. The van der Waals surface area contributed by atoms with E-state index in [2.05, 4.69) is 25.4 Å². The van der Waals surface area contributed by atoms with Gasteiger partial charge in [0.15, 0.2) is 0 Å². The van der Waals surface area contributed by atoms with E-state index in [-0.39, 0.29) is 0 Å². The minimum atomic E-state index is 0.398. The predicted molar refractivity (Wildman–Crippen MR) is 62.1 cm³/mol. The van der Waals surface area contributed by atoms with E-state index in [0.717, 1.165) is 24.3 Å². The standard InChI is InChI=1S/C13H17NO/c1-4-10-7-8-14-13(12(10)9(2)3)15-11-5-6-11/h4,7-9,11H,1,5-6H2,2-3H3. The zero-order valence-electron chi connectivity index (χ0n) is 9.36. The van der Waals surface area contributed by atoms with Crippen molar-refractivity contribution >= 4 is 6.08 Å². The Morgan fingerprint density at radius 3 is 2.80 bits per heavy atom. The molecule has 0 saturated heterocycles. The smallest absolute Gasteiger partial charge is 0.217 e. The number of hydrogen-bond acceptors (Lipinski definition) is 2. The Hall–Kier alpha value is -1.31. The van der Waals surface area contributed by atoms with Gasteiger partial charge < -0.3 is 4.74 Å². The number of rotatable bonds is 4. The molecule has 0 aromatic carbocycles. The summed E-state index contributed by atoms with van der Waals surface area (Å²) in [5, 5.41) is 0. The van der Waals surface area contributed by atoms with Crippen LogP contribution < -0.4 is 4.74 Å². The molecule has 1 aromatic heterocycles.